The average Bonchev–Trinajstić information content (AvgIpc) is 2.33. The molecule has 0 aliphatic carbocycles. The van der Waals surface area contributed by atoms with Crippen LogP contribution in [0.25, 0.3) is 0 Å². The molecule has 0 radical (unpaired) electrons. The first-order valence-electron chi connectivity index (χ1n) is 5.93. The highest BCUT2D eigenvalue weighted by Crippen LogP contribution is 2.25. The van der Waals surface area contributed by atoms with Gasteiger partial charge in [0.2, 0.25) is 0 Å². The molecule has 0 saturated heterocycles. The minimum atomic E-state index is -4.19. The quantitative estimate of drug-likeness (QED) is 0.863. The summed E-state index contributed by atoms with van der Waals surface area (Å²) < 4.78 is 42.2. The molecule has 108 valence electrons. The molecule has 1 aromatic carbocycles. The van der Waals surface area contributed by atoms with E-state index in [-0.39, 0.29) is 12.6 Å². The number of likely N-dealkylation sites (N-methyl/N-ethyl adjacent to an activating group) is 2. The van der Waals surface area contributed by atoms with Crippen LogP contribution >= 0.6 is 0 Å². The lowest BCUT2D eigenvalue weighted by Gasteiger charge is -2.26. The zero-order chi connectivity index (χ0) is 14.5. The Morgan fingerprint density at radius 2 is 1.95 bits per heavy atom. The van der Waals surface area contributed by atoms with E-state index in [0.717, 1.165) is 5.56 Å². The van der Waals surface area contributed by atoms with Gasteiger partial charge in [0.05, 0.1) is 13.7 Å². The number of hydrogen-bond acceptors (Lipinski definition) is 3. The van der Waals surface area contributed by atoms with E-state index in [1.54, 1.807) is 20.2 Å². The third kappa shape index (κ3) is 5.08. The van der Waals surface area contributed by atoms with E-state index in [4.69, 9.17) is 4.74 Å². The first-order chi connectivity index (χ1) is 8.87. The van der Waals surface area contributed by atoms with Gasteiger partial charge >= 0.3 is 6.18 Å². The SMILES string of the molecule is CNC(CN(C)CC(F)(F)F)c1ccccc1OC. The van der Waals surface area contributed by atoms with Crippen molar-refractivity contribution in [2.45, 2.75) is 12.2 Å². The van der Waals surface area contributed by atoms with Gasteiger partial charge in [0.25, 0.3) is 0 Å². The van der Waals surface area contributed by atoms with Crippen molar-refractivity contribution >= 4 is 0 Å². The largest absolute Gasteiger partial charge is 0.496 e. The van der Waals surface area contributed by atoms with Gasteiger partial charge in [0.15, 0.2) is 0 Å². The van der Waals surface area contributed by atoms with Crippen molar-refractivity contribution in [3.8, 4) is 5.75 Å². The average molecular weight is 276 g/mol. The highest BCUT2D eigenvalue weighted by molar-refractivity contribution is 5.36. The van der Waals surface area contributed by atoms with Crippen molar-refractivity contribution in [2.24, 2.45) is 0 Å². The maximum Gasteiger partial charge on any atom is 0.401 e. The van der Waals surface area contributed by atoms with Gasteiger partial charge in [0, 0.05) is 18.2 Å². The number of hydrogen-bond donors (Lipinski definition) is 1. The molecule has 6 heteroatoms. The number of methoxy groups -OCH3 is 1. The summed E-state index contributed by atoms with van der Waals surface area (Å²) in [6.07, 6.45) is -4.19. The molecule has 1 aromatic rings. The van der Waals surface area contributed by atoms with Crippen LogP contribution in [0, 0.1) is 0 Å². The fourth-order valence-corrected chi connectivity index (χ4v) is 1.98. The zero-order valence-electron chi connectivity index (χ0n) is 11.3. The second kappa shape index (κ2) is 6.77. The van der Waals surface area contributed by atoms with Gasteiger partial charge in [-0.15, -0.1) is 0 Å². The Labute approximate surface area is 111 Å². The van der Waals surface area contributed by atoms with Crippen LogP contribution in [0.3, 0.4) is 0 Å². The fourth-order valence-electron chi connectivity index (χ4n) is 1.98. The lowest BCUT2D eigenvalue weighted by Crippen LogP contribution is -2.37. The Morgan fingerprint density at radius 3 is 2.47 bits per heavy atom. The second-order valence-corrected chi connectivity index (χ2v) is 4.40. The first kappa shape index (κ1) is 15.8. The monoisotopic (exact) mass is 276 g/mol. The van der Waals surface area contributed by atoms with Crippen LogP contribution in [-0.2, 0) is 0 Å². The van der Waals surface area contributed by atoms with Crippen molar-refractivity contribution in [3.05, 3.63) is 29.8 Å². The first-order valence-corrected chi connectivity index (χ1v) is 5.93. The molecule has 0 bridgehead atoms. The number of nitrogens with zero attached hydrogens (tertiary/aromatic N) is 1. The Balaban J connectivity index is 2.78. The maximum absolute atomic E-state index is 12.3. The molecule has 3 nitrogen and oxygen atoms in total. The third-order valence-corrected chi connectivity index (χ3v) is 2.81. The van der Waals surface area contributed by atoms with Crippen molar-refractivity contribution in [1.82, 2.24) is 10.2 Å². The van der Waals surface area contributed by atoms with Gasteiger partial charge in [-0.2, -0.15) is 13.2 Å². The lowest BCUT2D eigenvalue weighted by atomic mass is 10.1. The number of alkyl halides is 3. The number of halogens is 3. The van der Waals surface area contributed by atoms with E-state index in [0.29, 0.717) is 5.75 Å². The molecule has 0 saturated carbocycles. The summed E-state index contributed by atoms with van der Waals surface area (Å²) in [7, 11) is 4.72. The van der Waals surface area contributed by atoms with Crippen LogP contribution in [0.1, 0.15) is 11.6 Å². The molecule has 0 aliphatic heterocycles. The molecule has 1 rings (SSSR count). The summed E-state index contributed by atoms with van der Waals surface area (Å²) in [5, 5.41) is 3.02. The minimum absolute atomic E-state index is 0.219. The van der Waals surface area contributed by atoms with Crippen molar-refractivity contribution in [1.29, 1.82) is 0 Å². The second-order valence-electron chi connectivity index (χ2n) is 4.40. The number of para-hydroxylation sites is 1. The van der Waals surface area contributed by atoms with Gasteiger partial charge in [-0.25, -0.2) is 0 Å². The van der Waals surface area contributed by atoms with Crippen LogP contribution < -0.4 is 10.1 Å². The standard InChI is InChI=1S/C13H19F3N2O/c1-17-11(8-18(2)9-13(14,15)16)10-6-4-5-7-12(10)19-3/h4-7,11,17H,8-9H2,1-3H3. The summed E-state index contributed by atoms with van der Waals surface area (Å²) in [6.45, 7) is -0.684. The summed E-state index contributed by atoms with van der Waals surface area (Å²) in [5.41, 5.74) is 0.849. The topological polar surface area (TPSA) is 24.5 Å². The Bertz CT molecular complexity index is 396. The Morgan fingerprint density at radius 1 is 1.32 bits per heavy atom. The molecule has 0 spiro atoms. The minimum Gasteiger partial charge on any atom is -0.496 e. The predicted molar refractivity (Wildman–Crippen MR) is 68.3 cm³/mol. The molecular formula is C13H19F3N2O. The summed E-state index contributed by atoms with van der Waals surface area (Å²) in [4.78, 5) is 1.24. The molecular weight excluding hydrogens is 257 g/mol. The third-order valence-electron chi connectivity index (χ3n) is 2.81. The molecule has 0 aliphatic rings. The predicted octanol–water partition coefficient (Wildman–Crippen LogP) is 2.45. The molecule has 19 heavy (non-hydrogen) atoms. The van der Waals surface area contributed by atoms with Crippen LogP contribution in [0.5, 0.6) is 5.75 Å². The Hall–Kier alpha value is -1.27. The van der Waals surface area contributed by atoms with Crippen LogP contribution in [0.15, 0.2) is 24.3 Å². The number of nitrogens with one attached hydrogen (secondary N) is 1. The normalized spacial score (nSPS) is 13.6. The molecule has 0 heterocycles. The molecule has 1 atom stereocenters. The smallest absolute Gasteiger partial charge is 0.401 e. The van der Waals surface area contributed by atoms with Crippen LogP contribution in [0.4, 0.5) is 13.2 Å². The van der Waals surface area contributed by atoms with Gasteiger partial charge in [-0.3, -0.25) is 4.90 Å². The fraction of sp³-hybridized carbons (Fsp3) is 0.538. The highest BCUT2D eigenvalue weighted by atomic mass is 19.4. The van der Waals surface area contributed by atoms with Crippen molar-refractivity contribution in [3.63, 3.8) is 0 Å². The van der Waals surface area contributed by atoms with Gasteiger partial charge in [-0.05, 0) is 20.2 Å². The van der Waals surface area contributed by atoms with Gasteiger partial charge in [-0.1, -0.05) is 18.2 Å². The van der Waals surface area contributed by atoms with E-state index >= 15 is 0 Å². The van der Waals surface area contributed by atoms with Crippen LogP contribution in [-0.4, -0.2) is 45.4 Å². The molecule has 0 fully saturated rings. The summed E-state index contributed by atoms with van der Waals surface area (Å²) in [6, 6.07) is 7.09. The van der Waals surface area contributed by atoms with E-state index < -0.39 is 12.7 Å². The Kier molecular flexibility index (Phi) is 5.62. The summed E-state index contributed by atoms with van der Waals surface area (Å²) in [5.74, 6) is 0.669. The molecule has 0 aromatic heterocycles. The number of benzene rings is 1. The van der Waals surface area contributed by atoms with Crippen molar-refractivity contribution < 1.29 is 17.9 Å². The maximum atomic E-state index is 12.3. The van der Waals surface area contributed by atoms with E-state index in [1.165, 1.54) is 11.9 Å². The number of rotatable bonds is 6. The van der Waals surface area contributed by atoms with Crippen LogP contribution in [0.2, 0.25) is 0 Å². The molecule has 0 amide bonds. The van der Waals surface area contributed by atoms with Crippen molar-refractivity contribution in [2.75, 3.05) is 34.3 Å². The zero-order valence-corrected chi connectivity index (χ0v) is 11.3. The highest BCUT2D eigenvalue weighted by Gasteiger charge is 2.30. The lowest BCUT2D eigenvalue weighted by molar-refractivity contribution is -0.143. The number of ether oxygens (including phenoxy) is 1. The molecule has 1 N–H and O–H groups in total. The van der Waals surface area contributed by atoms with E-state index in [1.807, 2.05) is 18.2 Å². The summed E-state index contributed by atoms with van der Waals surface area (Å²) >= 11 is 0. The van der Waals surface area contributed by atoms with E-state index in [9.17, 15) is 13.2 Å². The molecule has 1 unspecified atom stereocenters. The van der Waals surface area contributed by atoms with E-state index in [2.05, 4.69) is 5.32 Å². The van der Waals surface area contributed by atoms with Gasteiger partial charge in [0.1, 0.15) is 5.75 Å². The van der Waals surface area contributed by atoms with Gasteiger partial charge < -0.3 is 10.1 Å².